The molecule has 3 aliphatic rings. The Morgan fingerprint density at radius 3 is 2.49 bits per heavy atom. The van der Waals surface area contributed by atoms with Crippen molar-refractivity contribution >= 4 is 65.7 Å². The van der Waals surface area contributed by atoms with Crippen LogP contribution in [0.25, 0.3) is 0 Å². The lowest BCUT2D eigenvalue weighted by Crippen LogP contribution is -2.54. The van der Waals surface area contributed by atoms with Gasteiger partial charge in [-0.15, -0.1) is 24.8 Å². The summed E-state index contributed by atoms with van der Waals surface area (Å²) in [6.07, 6.45) is 9.72. The molecule has 1 unspecified atom stereocenters. The van der Waals surface area contributed by atoms with E-state index >= 15 is 0 Å². The van der Waals surface area contributed by atoms with Crippen LogP contribution in [0.15, 0.2) is 58.8 Å². The largest absolute Gasteiger partial charge is 0.480 e. The van der Waals surface area contributed by atoms with Crippen LogP contribution < -0.4 is 11.1 Å². The number of rotatable bonds is 8. The maximum Gasteiger partial charge on any atom is 0.343 e. The van der Waals surface area contributed by atoms with E-state index in [0.29, 0.717) is 44.6 Å². The van der Waals surface area contributed by atoms with Crippen molar-refractivity contribution in [3.8, 4) is 0 Å². The Morgan fingerprint density at radius 2 is 1.86 bits per heavy atom. The zero-order valence-corrected chi connectivity index (χ0v) is 23.9. The number of halogens is 4. The minimum atomic E-state index is -0.306. The summed E-state index contributed by atoms with van der Waals surface area (Å²) in [4.78, 5) is 32.1. The first-order valence-electron chi connectivity index (χ1n) is 11.7. The summed E-state index contributed by atoms with van der Waals surface area (Å²) in [6, 6.07) is 5.55. The molecule has 1 atom stereocenters. The van der Waals surface area contributed by atoms with Gasteiger partial charge in [-0.2, -0.15) is 9.48 Å². The van der Waals surface area contributed by atoms with Crippen LogP contribution in [-0.2, 0) is 20.9 Å². The molecule has 2 aliphatic heterocycles. The number of benzene rings is 1. The summed E-state index contributed by atoms with van der Waals surface area (Å²) in [5.74, 6) is 0.291. The summed E-state index contributed by atoms with van der Waals surface area (Å²) in [5, 5.41) is 4.31. The predicted molar refractivity (Wildman–Crippen MR) is 150 cm³/mol. The van der Waals surface area contributed by atoms with Crippen LogP contribution >= 0.6 is 48.0 Å². The van der Waals surface area contributed by atoms with E-state index in [9.17, 15) is 9.59 Å². The molecule has 1 aliphatic carbocycles. The molecule has 0 radical (unpaired) electrons. The Hall–Kier alpha value is -1.91. The second-order valence-corrected chi connectivity index (χ2v) is 9.73. The number of allylic oxidation sites excluding steroid dienone is 2. The Balaban J connectivity index is 0.00000241. The summed E-state index contributed by atoms with van der Waals surface area (Å²) < 4.78 is 6.02. The molecule has 0 spiro atoms. The highest BCUT2D eigenvalue weighted by Crippen LogP contribution is 2.35. The van der Waals surface area contributed by atoms with Crippen LogP contribution in [0.2, 0.25) is 10.0 Å². The van der Waals surface area contributed by atoms with Gasteiger partial charge in [0.2, 0.25) is 11.7 Å². The van der Waals surface area contributed by atoms with Crippen LogP contribution in [0.1, 0.15) is 38.2 Å². The Kier molecular flexibility index (Phi) is 11.2. The number of ether oxygens (including phenoxy) is 1. The average molecular weight is 592 g/mol. The van der Waals surface area contributed by atoms with E-state index in [1.165, 1.54) is 17.7 Å². The molecule has 4 rings (SSSR count). The Labute approximate surface area is 239 Å². The monoisotopic (exact) mass is 590 g/mol. The molecule has 12 heteroatoms. The smallest absolute Gasteiger partial charge is 0.343 e. The zero-order valence-electron chi connectivity index (χ0n) is 20.7. The second-order valence-electron chi connectivity index (χ2n) is 8.92. The number of hydrogen-bond donors (Lipinski definition) is 2. The zero-order chi connectivity index (χ0) is 25.2. The standard InChI is InChI=1S/C25H30Cl2N5O3.2ClH/c1-16-14-32(23(34)13-29-17-6-3-4-7-17)11-10-21(31(2)22(33)12-28)24(25(32)30-16)35-15-18-19(26)8-5-9-20(18)27;;/h5,8-11,14,17,29H,3-4,6-7,12-13,15,28H2,1-2H3;2*1H/q+1;;. The molecule has 1 fully saturated rings. The van der Waals surface area contributed by atoms with Gasteiger partial charge < -0.3 is 20.7 Å². The molecule has 202 valence electrons. The lowest BCUT2D eigenvalue weighted by atomic mass is 10.1. The van der Waals surface area contributed by atoms with Gasteiger partial charge in [-0.05, 0) is 31.9 Å². The van der Waals surface area contributed by atoms with E-state index in [1.807, 2.05) is 6.92 Å². The van der Waals surface area contributed by atoms with Crippen molar-refractivity contribution in [2.45, 2.75) is 45.3 Å². The highest BCUT2D eigenvalue weighted by molar-refractivity contribution is 6.35. The van der Waals surface area contributed by atoms with Crippen molar-refractivity contribution in [3.63, 3.8) is 0 Å². The molecule has 0 bridgehead atoms. The highest BCUT2D eigenvalue weighted by Gasteiger charge is 2.49. The van der Waals surface area contributed by atoms with Crippen molar-refractivity contribution in [3.05, 3.63) is 69.4 Å². The second kappa shape index (κ2) is 13.2. The Morgan fingerprint density at radius 1 is 1.22 bits per heavy atom. The van der Waals surface area contributed by atoms with Crippen LogP contribution in [0.3, 0.4) is 0 Å². The summed E-state index contributed by atoms with van der Waals surface area (Å²) >= 11 is 12.7. The van der Waals surface area contributed by atoms with Gasteiger partial charge in [-0.1, -0.05) is 42.1 Å². The molecule has 0 aromatic heterocycles. The van der Waals surface area contributed by atoms with Gasteiger partial charge >= 0.3 is 5.91 Å². The Bertz CT molecular complexity index is 1140. The number of likely N-dealkylation sites (N-methyl/N-ethyl adjacent to an activating group) is 1. The fourth-order valence-electron chi connectivity index (χ4n) is 4.60. The molecule has 8 nitrogen and oxygen atoms in total. The van der Waals surface area contributed by atoms with Crippen LogP contribution in [0.5, 0.6) is 0 Å². The van der Waals surface area contributed by atoms with Crippen LogP contribution in [-0.4, -0.2) is 53.2 Å². The number of hydrogen-bond acceptors (Lipinski definition) is 6. The number of nitrogens with zero attached hydrogens (tertiary/aromatic N) is 3. The van der Waals surface area contributed by atoms with Gasteiger partial charge in [-0.25, -0.2) is 4.79 Å². The van der Waals surface area contributed by atoms with E-state index in [4.69, 9.17) is 33.7 Å². The van der Waals surface area contributed by atoms with Crippen LogP contribution in [0.4, 0.5) is 0 Å². The summed E-state index contributed by atoms with van der Waals surface area (Å²) in [7, 11) is 1.61. The van der Waals surface area contributed by atoms with Gasteiger partial charge in [0.05, 0.1) is 17.9 Å². The number of quaternary nitrogens is 1. The van der Waals surface area contributed by atoms with E-state index in [-0.39, 0.29) is 60.8 Å². The van der Waals surface area contributed by atoms with E-state index in [0.717, 1.165) is 12.8 Å². The SMILES string of the molecule is CC1=C[N+]2(C(=O)CNC3CCCC3)C=CC(N(C)C(=O)CN)=C(OCc3c(Cl)cccc3Cl)C2=N1.Cl.Cl. The lowest BCUT2D eigenvalue weighted by molar-refractivity contribution is -0.646. The number of nitrogens with one attached hydrogen (secondary N) is 1. The molecular weight excluding hydrogens is 560 g/mol. The number of amides is 2. The van der Waals surface area contributed by atoms with Crippen molar-refractivity contribution in [2.75, 3.05) is 20.1 Å². The first-order chi connectivity index (χ1) is 16.8. The third-order valence-electron chi connectivity index (χ3n) is 6.57. The van der Waals surface area contributed by atoms with Crippen molar-refractivity contribution in [1.82, 2.24) is 10.2 Å². The number of carbonyl (C=O) groups is 2. The third kappa shape index (κ3) is 6.40. The number of nitrogens with two attached hydrogens (primary N) is 1. The predicted octanol–water partition coefficient (Wildman–Crippen LogP) is 4.66. The molecule has 0 saturated heterocycles. The molecule has 3 N–H and O–H groups in total. The van der Waals surface area contributed by atoms with Gasteiger partial charge in [-0.3, -0.25) is 4.79 Å². The molecule has 1 saturated carbocycles. The first-order valence-corrected chi connectivity index (χ1v) is 12.4. The number of carbonyl (C=O) groups excluding carboxylic acids is 2. The van der Waals surface area contributed by atoms with Crippen molar-refractivity contribution in [1.29, 1.82) is 0 Å². The maximum atomic E-state index is 13.6. The van der Waals surface area contributed by atoms with Crippen molar-refractivity contribution < 1.29 is 18.8 Å². The van der Waals surface area contributed by atoms with E-state index in [2.05, 4.69) is 10.3 Å². The van der Waals surface area contributed by atoms with Crippen molar-refractivity contribution in [2.24, 2.45) is 10.7 Å². The quantitative estimate of drug-likeness (QED) is 0.429. The van der Waals surface area contributed by atoms with Gasteiger partial charge in [0.15, 0.2) is 0 Å². The fourth-order valence-corrected chi connectivity index (χ4v) is 5.11. The molecule has 1 aromatic rings. The molecule has 1 aromatic carbocycles. The maximum absolute atomic E-state index is 13.6. The van der Waals surface area contributed by atoms with Crippen LogP contribution in [0, 0.1) is 0 Å². The first kappa shape index (κ1) is 31.3. The number of aliphatic imine (C=N–C) groups is 1. The summed E-state index contributed by atoms with van der Waals surface area (Å²) in [6.45, 7) is 1.87. The minimum Gasteiger partial charge on any atom is -0.480 e. The molecule has 37 heavy (non-hydrogen) atoms. The third-order valence-corrected chi connectivity index (χ3v) is 7.28. The van der Waals surface area contributed by atoms with Gasteiger partial charge in [0.1, 0.15) is 25.6 Å². The molecular formula is C25H32Cl4N5O3+. The van der Waals surface area contributed by atoms with Gasteiger partial charge in [0.25, 0.3) is 5.84 Å². The average Bonchev–Trinajstić information content (AvgIpc) is 3.48. The fraction of sp³-hybridized carbons (Fsp3) is 0.400. The number of fused-ring (bicyclic) bond motifs is 1. The normalized spacial score (nSPS) is 20.5. The number of amidine groups is 1. The minimum absolute atomic E-state index is 0. The highest BCUT2D eigenvalue weighted by atomic mass is 35.5. The lowest BCUT2D eigenvalue weighted by Gasteiger charge is -2.32. The molecule has 2 amide bonds. The topological polar surface area (TPSA) is 97.0 Å². The molecule has 2 heterocycles. The summed E-state index contributed by atoms with van der Waals surface area (Å²) in [5.41, 5.74) is 7.34. The van der Waals surface area contributed by atoms with E-state index in [1.54, 1.807) is 43.7 Å². The van der Waals surface area contributed by atoms with E-state index < -0.39 is 0 Å². The van der Waals surface area contributed by atoms with Gasteiger partial charge in [0, 0.05) is 34.8 Å².